The highest BCUT2D eigenvalue weighted by Gasteiger charge is 2.11. The Morgan fingerprint density at radius 3 is 2.14 bits per heavy atom. The summed E-state index contributed by atoms with van der Waals surface area (Å²) in [6, 6.07) is -0.655. The first kappa shape index (κ1) is 20.2. The van der Waals surface area contributed by atoms with Gasteiger partial charge in [-0.25, -0.2) is 4.79 Å². The molecule has 0 aliphatic heterocycles. The van der Waals surface area contributed by atoms with Crippen LogP contribution < -0.4 is 21.7 Å². The van der Waals surface area contributed by atoms with Gasteiger partial charge in [0.15, 0.2) is 0 Å². The Morgan fingerprint density at radius 2 is 1.59 bits per heavy atom. The number of amides is 3. The summed E-state index contributed by atoms with van der Waals surface area (Å²) < 4.78 is 5.04. The van der Waals surface area contributed by atoms with Gasteiger partial charge in [0.2, 0.25) is 11.8 Å². The first-order valence-corrected chi connectivity index (χ1v) is 7.44. The second-order valence-electron chi connectivity index (χ2n) is 5.60. The number of hydrogen-bond donors (Lipinski definition) is 4. The van der Waals surface area contributed by atoms with Crippen LogP contribution in [-0.4, -0.2) is 50.2 Å². The molecule has 0 heterocycles. The fraction of sp³-hybridized carbons (Fsp3) is 0.786. The molecular weight excluding hydrogens is 288 g/mol. The molecule has 0 saturated carbocycles. The number of ether oxygens (including phenoxy) is 1. The number of carbonyl (C=O) groups excluding carboxylic acids is 3. The molecule has 0 fully saturated rings. The summed E-state index contributed by atoms with van der Waals surface area (Å²) in [4.78, 5) is 33.9. The summed E-state index contributed by atoms with van der Waals surface area (Å²) in [6.07, 6.45) is -0.507. The summed E-state index contributed by atoms with van der Waals surface area (Å²) >= 11 is 0. The maximum atomic E-state index is 11.4. The first-order valence-electron chi connectivity index (χ1n) is 7.44. The van der Waals surface area contributed by atoms with E-state index in [-0.39, 0.29) is 25.5 Å². The van der Waals surface area contributed by atoms with E-state index in [0.717, 1.165) is 0 Å². The fourth-order valence-electron chi connectivity index (χ4n) is 1.21. The lowest BCUT2D eigenvalue weighted by Gasteiger charge is -2.15. The first-order chi connectivity index (χ1) is 10.2. The van der Waals surface area contributed by atoms with Crippen LogP contribution in [0.1, 0.15) is 27.7 Å². The summed E-state index contributed by atoms with van der Waals surface area (Å²) in [5.41, 5.74) is 5.34. The van der Waals surface area contributed by atoms with Crippen LogP contribution in [0.5, 0.6) is 0 Å². The third-order valence-corrected chi connectivity index (χ3v) is 3.17. The number of nitrogens with two attached hydrogens (primary N) is 1. The van der Waals surface area contributed by atoms with Crippen molar-refractivity contribution in [2.45, 2.75) is 33.7 Å². The van der Waals surface area contributed by atoms with Crippen molar-refractivity contribution >= 4 is 17.9 Å². The maximum Gasteiger partial charge on any atom is 0.407 e. The lowest BCUT2D eigenvalue weighted by Crippen LogP contribution is -2.44. The zero-order valence-electron chi connectivity index (χ0n) is 13.8. The predicted octanol–water partition coefficient (Wildman–Crippen LogP) is -0.416. The Balaban J connectivity index is 3.65. The number of carbonyl (C=O) groups is 3. The van der Waals surface area contributed by atoms with E-state index in [1.165, 1.54) is 6.92 Å². The Labute approximate surface area is 131 Å². The van der Waals surface area contributed by atoms with Crippen LogP contribution in [0.3, 0.4) is 0 Å². The van der Waals surface area contributed by atoms with Gasteiger partial charge in [-0.1, -0.05) is 20.8 Å². The minimum atomic E-state index is -0.655. The second-order valence-corrected chi connectivity index (χ2v) is 5.60. The molecule has 0 saturated heterocycles. The molecule has 2 atom stereocenters. The molecule has 0 radical (unpaired) electrons. The molecule has 0 aliphatic rings. The molecule has 0 spiro atoms. The lowest BCUT2D eigenvalue weighted by atomic mass is 10.00. The van der Waals surface area contributed by atoms with Crippen molar-refractivity contribution in [3.05, 3.63) is 0 Å². The average Bonchev–Trinajstić information content (AvgIpc) is 2.46. The molecule has 1 unspecified atom stereocenters. The van der Waals surface area contributed by atoms with Gasteiger partial charge in [0.25, 0.3) is 0 Å². The lowest BCUT2D eigenvalue weighted by molar-refractivity contribution is -0.126. The van der Waals surface area contributed by atoms with E-state index in [0.29, 0.717) is 18.4 Å². The standard InChI is InChI=1S/C14H28N4O4/c1-9(2)10(3)8-22-14(21)17-6-5-16-12(19)7-18-13(20)11(4)15/h9-11H,5-8,15H2,1-4H3,(H,16,19)(H,17,21)(H,18,20)/t10?,11-/m0/s1. The van der Waals surface area contributed by atoms with E-state index in [2.05, 4.69) is 29.8 Å². The van der Waals surface area contributed by atoms with Crippen molar-refractivity contribution in [1.82, 2.24) is 16.0 Å². The van der Waals surface area contributed by atoms with Gasteiger partial charge in [-0.3, -0.25) is 9.59 Å². The van der Waals surface area contributed by atoms with Gasteiger partial charge < -0.3 is 26.4 Å². The maximum absolute atomic E-state index is 11.4. The minimum absolute atomic E-state index is 0.142. The topological polar surface area (TPSA) is 123 Å². The van der Waals surface area contributed by atoms with Gasteiger partial charge in [-0.15, -0.1) is 0 Å². The number of nitrogens with one attached hydrogen (secondary N) is 3. The number of rotatable bonds is 9. The Hall–Kier alpha value is -1.83. The molecule has 22 heavy (non-hydrogen) atoms. The Morgan fingerprint density at radius 1 is 1.00 bits per heavy atom. The van der Waals surface area contributed by atoms with E-state index < -0.39 is 18.0 Å². The monoisotopic (exact) mass is 316 g/mol. The van der Waals surface area contributed by atoms with Crippen molar-refractivity contribution in [3.8, 4) is 0 Å². The number of alkyl carbamates (subject to hydrolysis) is 1. The van der Waals surface area contributed by atoms with E-state index in [1.807, 2.05) is 6.92 Å². The molecule has 3 amide bonds. The SMILES string of the molecule is CC(C)C(C)COC(=O)NCCNC(=O)CNC(=O)[C@H](C)N. The van der Waals surface area contributed by atoms with Crippen molar-refractivity contribution in [1.29, 1.82) is 0 Å². The van der Waals surface area contributed by atoms with Crippen LogP contribution in [0.25, 0.3) is 0 Å². The highest BCUT2D eigenvalue weighted by molar-refractivity contribution is 5.86. The van der Waals surface area contributed by atoms with E-state index >= 15 is 0 Å². The van der Waals surface area contributed by atoms with Crippen molar-refractivity contribution in [3.63, 3.8) is 0 Å². The molecular formula is C14H28N4O4. The van der Waals surface area contributed by atoms with Gasteiger partial charge in [-0.2, -0.15) is 0 Å². The molecule has 0 rings (SSSR count). The highest BCUT2D eigenvalue weighted by Crippen LogP contribution is 2.09. The molecule has 0 aromatic carbocycles. The van der Waals surface area contributed by atoms with Crippen LogP contribution in [0.15, 0.2) is 0 Å². The van der Waals surface area contributed by atoms with Crippen molar-refractivity contribution in [2.24, 2.45) is 17.6 Å². The van der Waals surface area contributed by atoms with Gasteiger partial charge in [-0.05, 0) is 18.8 Å². The minimum Gasteiger partial charge on any atom is -0.449 e. The third kappa shape index (κ3) is 9.98. The smallest absolute Gasteiger partial charge is 0.407 e. The predicted molar refractivity (Wildman–Crippen MR) is 83.0 cm³/mol. The largest absolute Gasteiger partial charge is 0.449 e. The van der Waals surface area contributed by atoms with Gasteiger partial charge in [0.1, 0.15) is 0 Å². The van der Waals surface area contributed by atoms with Crippen molar-refractivity contribution < 1.29 is 19.1 Å². The molecule has 0 aromatic rings. The Bertz CT molecular complexity index is 372. The fourth-order valence-corrected chi connectivity index (χ4v) is 1.21. The summed E-state index contributed by atoms with van der Waals surface area (Å²) in [5, 5.41) is 7.47. The van der Waals surface area contributed by atoms with Crippen LogP contribution in [-0.2, 0) is 14.3 Å². The van der Waals surface area contributed by atoms with Gasteiger partial charge >= 0.3 is 6.09 Å². The third-order valence-electron chi connectivity index (χ3n) is 3.17. The summed E-state index contributed by atoms with van der Waals surface area (Å²) in [5.74, 6) is -0.00809. The van der Waals surface area contributed by atoms with E-state index in [4.69, 9.17) is 10.5 Å². The normalized spacial score (nSPS) is 13.2. The summed E-state index contributed by atoms with van der Waals surface area (Å²) in [6.45, 7) is 8.38. The molecule has 8 heteroatoms. The highest BCUT2D eigenvalue weighted by atomic mass is 16.5. The summed E-state index contributed by atoms with van der Waals surface area (Å²) in [7, 11) is 0. The molecule has 5 N–H and O–H groups in total. The van der Waals surface area contributed by atoms with Crippen LogP contribution in [0.2, 0.25) is 0 Å². The zero-order valence-corrected chi connectivity index (χ0v) is 13.8. The van der Waals surface area contributed by atoms with Crippen LogP contribution in [0.4, 0.5) is 4.79 Å². The quantitative estimate of drug-likeness (QED) is 0.430. The Kier molecular flexibility index (Phi) is 9.93. The molecule has 0 aliphatic carbocycles. The molecule has 128 valence electrons. The zero-order chi connectivity index (χ0) is 17.1. The van der Waals surface area contributed by atoms with Crippen LogP contribution in [0, 0.1) is 11.8 Å². The van der Waals surface area contributed by atoms with Gasteiger partial charge in [0, 0.05) is 13.1 Å². The van der Waals surface area contributed by atoms with Crippen molar-refractivity contribution in [2.75, 3.05) is 26.2 Å². The van der Waals surface area contributed by atoms with Gasteiger partial charge in [0.05, 0.1) is 19.2 Å². The molecule has 0 bridgehead atoms. The molecule has 8 nitrogen and oxygen atoms in total. The number of hydrogen-bond acceptors (Lipinski definition) is 5. The van der Waals surface area contributed by atoms with Crippen LogP contribution >= 0.6 is 0 Å². The molecule has 0 aromatic heterocycles. The van der Waals surface area contributed by atoms with E-state index in [9.17, 15) is 14.4 Å². The average molecular weight is 316 g/mol. The van der Waals surface area contributed by atoms with E-state index in [1.54, 1.807) is 0 Å². The second kappa shape index (κ2) is 10.8.